The minimum atomic E-state index is -0.207. The molecule has 2 N–H and O–H groups in total. The van der Waals surface area contributed by atoms with Crippen LogP contribution in [0.5, 0.6) is 0 Å². The number of hydrogen-bond donors (Lipinski definition) is 2. The van der Waals surface area contributed by atoms with Gasteiger partial charge in [-0.3, -0.25) is 4.79 Å². The van der Waals surface area contributed by atoms with Crippen LogP contribution in [0, 0.1) is 0 Å². The molecular weight excluding hydrogens is 299 g/mol. The van der Waals surface area contributed by atoms with E-state index in [1.807, 2.05) is 13.8 Å². The van der Waals surface area contributed by atoms with Crippen molar-refractivity contribution in [3.05, 3.63) is 22.7 Å². The molecule has 0 bridgehead atoms. The predicted molar refractivity (Wildman–Crippen MR) is 81.7 cm³/mol. The van der Waals surface area contributed by atoms with Crippen molar-refractivity contribution < 1.29 is 4.79 Å². The zero-order valence-electron chi connectivity index (χ0n) is 11.6. The second-order valence-corrected chi connectivity index (χ2v) is 5.48. The molecule has 1 aliphatic heterocycles. The molecule has 0 spiro atoms. The number of nitrogens with one attached hydrogen (secondary N) is 2. The highest BCUT2D eigenvalue weighted by Gasteiger charge is 2.20. The largest absolute Gasteiger partial charge is 0.348 e. The summed E-state index contributed by atoms with van der Waals surface area (Å²) in [5.74, 6) is 0.601. The number of carbonyl (C=O) groups excluding carboxylic acids is 1. The van der Waals surface area contributed by atoms with E-state index in [-0.39, 0.29) is 36.0 Å². The minimum absolute atomic E-state index is 0. The van der Waals surface area contributed by atoms with Gasteiger partial charge in [0, 0.05) is 12.0 Å². The average Bonchev–Trinajstić information content (AvgIpc) is 2.40. The molecule has 0 aliphatic carbocycles. The molecule has 5 nitrogen and oxygen atoms in total. The Morgan fingerprint density at radius 2 is 2.10 bits per heavy atom. The molecule has 2 rings (SSSR count). The molecule has 0 atom stereocenters. The summed E-state index contributed by atoms with van der Waals surface area (Å²) < 4.78 is 0. The summed E-state index contributed by atoms with van der Waals surface area (Å²) in [6, 6.07) is 0.197. The number of rotatable bonds is 3. The van der Waals surface area contributed by atoms with Crippen molar-refractivity contribution in [2.24, 2.45) is 0 Å². The number of halogens is 2. The van der Waals surface area contributed by atoms with Crippen molar-refractivity contribution >= 4 is 29.9 Å². The quantitative estimate of drug-likeness (QED) is 0.896. The van der Waals surface area contributed by atoms with E-state index in [1.165, 1.54) is 6.20 Å². The van der Waals surface area contributed by atoms with Crippen molar-refractivity contribution in [1.29, 1.82) is 0 Å². The third-order valence-corrected chi connectivity index (χ3v) is 3.45. The Balaban J connectivity index is 0.00000200. The van der Waals surface area contributed by atoms with Crippen molar-refractivity contribution in [2.45, 2.75) is 38.6 Å². The Bertz CT molecular complexity index is 462. The Hall–Kier alpha value is -0.910. The molecule has 112 valence electrons. The zero-order valence-corrected chi connectivity index (χ0v) is 13.2. The van der Waals surface area contributed by atoms with E-state index in [0.717, 1.165) is 25.9 Å². The molecule has 0 saturated carbocycles. The topological polar surface area (TPSA) is 66.9 Å². The van der Waals surface area contributed by atoms with Crippen LogP contribution < -0.4 is 10.6 Å². The highest BCUT2D eigenvalue weighted by Crippen LogP contribution is 2.16. The lowest BCUT2D eigenvalue weighted by Crippen LogP contribution is -2.43. The van der Waals surface area contributed by atoms with Crippen LogP contribution in [0.3, 0.4) is 0 Å². The fourth-order valence-electron chi connectivity index (χ4n) is 2.04. The van der Waals surface area contributed by atoms with Crippen LogP contribution in [0.2, 0.25) is 5.02 Å². The third-order valence-electron chi connectivity index (χ3n) is 3.17. The van der Waals surface area contributed by atoms with E-state index in [1.54, 1.807) is 0 Å². The highest BCUT2D eigenvalue weighted by molar-refractivity contribution is 6.33. The van der Waals surface area contributed by atoms with E-state index in [2.05, 4.69) is 20.6 Å². The van der Waals surface area contributed by atoms with Crippen molar-refractivity contribution in [3.63, 3.8) is 0 Å². The van der Waals surface area contributed by atoms with E-state index >= 15 is 0 Å². The summed E-state index contributed by atoms with van der Waals surface area (Å²) >= 11 is 6.02. The molecular formula is C13H20Cl2N4O. The van der Waals surface area contributed by atoms with Crippen LogP contribution in [0.25, 0.3) is 0 Å². The van der Waals surface area contributed by atoms with Gasteiger partial charge in [0.15, 0.2) is 0 Å². The lowest BCUT2D eigenvalue weighted by molar-refractivity contribution is 0.0924. The Labute approximate surface area is 130 Å². The van der Waals surface area contributed by atoms with Crippen molar-refractivity contribution in [1.82, 2.24) is 20.6 Å². The molecule has 1 aromatic heterocycles. The van der Waals surface area contributed by atoms with Gasteiger partial charge in [-0.15, -0.1) is 12.4 Å². The SMILES string of the molecule is CC(C)c1ncc(Cl)c(C(=O)NC2CCNCC2)n1.Cl. The van der Waals surface area contributed by atoms with Crippen molar-refractivity contribution in [3.8, 4) is 0 Å². The number of aromatic nitrogens is 2. The standard InChI is InChI=1S/C13H19ClN4O.ClH/c1-8(2)12-16-7-10(14)11(18-12)13(19)17-9-3-5-15-6-4-9;/h7-9,15H,3-6H2,1-2H3,(H,17,19);1H. The number of piperidine rings is 1. The number of amides is 1. The number of nitrogens with zero attached hydrogens (tertiary/aromatic N) is 2. The number of hydrogen-bond acceptors (Lipinski definition) is 4. The first kappa shape index (κ1) is 17.1. The number of carbonyl (C=O) groups is 1. The summed E-state index contributed by atoms with van der Waals surface area (Å²) in [4.78, 5) is 20.6. The van der Waals surface area contributed by atoms with Crippen LogP contribution in [0.4, 0.5) is 0 Å². The van der Waals surface area contributed by atoms with Gasteiger partial charge in [-0.25, -0.2) is 9.97 Å². The maximum atomic E-state index is 12.2. The molecule has 1 aliphatic rings. The third kappa shape index (κ3) is 4.30. The van der Waals surface area contributed by atoms with E-state index in [0.29, 0.717) is 10.8 Å². The molecule has 0 aromatic carbocycles. The zero-order chi connectivity index (χ0) is 13.8. The Morgan fingerprint density at radius 3 is 2.70 bits per heavy atom. The predicted octanol–water partition coefficient (Wildman–Crippen LogP) is 2.16. The van der Waals surface area contributed by atoms with Gasteiger partial charge in [-0.1, -0.05) is 25.4 Å². The fraction of sp³-hybridized carbons (Fsp3) is 0.615. The lowest BCUT2D eigenvalue weighted by Gasteiger charge is -2.23. The Kier molecular flexibility index (Phi) is 6.65. The summed E-state index contributed by atoms with van der Waals surface area (Å²) in [6.45, 7) is 5.83. The van der Waals surface area contributed by atoms with E-state index < -0.39 is 0 Å². The smallest absolute Gasteiger partial charge is 0.271 e. The summed E-state index contributed by atoms with van der Waals surface area (Å²) in [5.41, 5.74) is 0.277. The minimum Gasteiger partial charge on any atom is -0.348 e. The maximum absolute atomic E-state index is 12.2. The van der Waals surface area contributed by atoms with Gasteiger partial charge >= 0.3 is 0 Å². The first-order chi connectivity index (χ1) is 9.08. The van der Waals surface area contributed by atoms with Gasteiger partial charge in [-0.05, 0) is 25.9 Å². The molecule has 1 aromatic rings. The maximum Gasteiger partial charge on any atom is 0.271 e. The average molecular weight is 319 g/mol. The van der Waals surface area contributed by atoms with Gasteiger partial charge in [0.1, 0.15) is 11.5 Å². The summed E-state index contributed by atoms with van der Waals surface area (Å²) in [6.07, 6.45) is 3.37. The first-order valence-electron chi connectivity index (χ1n) is 6.62. The molecule has 1 saturated heterocycles. The molecule has 0 radical (unpaired) electrons. The molecule has 20 heavy (non-hydrogen) atoms. The molecule has 7 heteroatoms. The van der Waals surface area contributed by atoms with Gasteiger partial charge in [0.25, 0.3) is 5.91 Å². The van der Waals surface area contributed by atoms with Crippen LogP contribution in [-0.4, -0.2) is 35.0 Å². The van der Waals surface area contributed by atoms with Crippen LogP contribution in [0.15, 0.2) is 6.20 Å². The Morgan fingerprint density at radius 1 is 1.45 bits per heavy atom. The van der Waals surface area contributed by atoms with Gasteiger partial charge in [-0.2, -0.15) is 0 Å². The second kappa shape index (κ2) is 7.76. The van der Waals surface area contributed by atoms with Crippen molar-refractivity contribution in [2.75, 3.05) is 13.1 Å². The van der Waals surface area contributed by atoms with Crippen LogP contribution in [0.1, 0.15) is 48.9 Å². The molecule has 0 unspecified atom stereocenters. The highest BCUT2D eigenvalue weighted by atomic mass is 35.5. The van der Waals surface area contributed by atoms with Gasteiger partial charge in [0.05, 0.1) is 11.2 Å². The normalized spacial score (nSPS) is 15.8. The molecule has 1 amide bonds. The molecule has 1 fully saturated rings. The van der Waals surface area contributed by atoms with E-state index in [4.69, 9.17) is 11.6 Å². The molecule has 2 heterocycles. The summed E-state index contributed by atoms with van der Waals surface area (Å²) in [5, 5.41) is 6.55. The second-order valence-electron chi connectivity index (χ2n) is 5.08. The van der Waals surface area contributed by atoms with Gasteiger partial charge < -0.3 is 10.6 Å². The van der Waals surface area contributed by atoms with Crippen LogP contribution >= 0.6 is 24.0 Å². The van der Waals surface area contributed by atoms with Crippen LogP contribution in [-0.2, 0) is 0 Å². The van der Waals surface area contributed by atoms with E-state index in [9.17, 15) is 4.79 Å². The summed E-state index contributed by atoms with van der Waals surface area (Å²) in [7, 11) is 0. The monoisotopic (exact) mass is 318 g/mol. The lowest BCUT2D eigenvalue weighted by atomic mass is 10.1. The fourth-order valence-corrected chi connectivity index (χ4v) is 2.22. The van der Waals surface area contributed by atoms with Gasteiger partial charge in [0.2, 0.25) is 0 Å². The first-order valence-corrected chi connectivity index (χ1v) is 6.99.